The van der Waals surface area contributed by atoms with Crippen LogP contribution in [-0.4, -0.2) is 46.6 Å². The molecule has 0 unspecified atom stereocenters. The van der Waals surface area contributed by atoms with Crippen LogP contribution in [0.3, 0.4) is 0 Å². The van der Waals surface area contributed by atoms with E-state index < -0.39 is 5.67 Å². The molecule has 1 aromatic carbocycles. The monoisotopic (exact) mass is 435 g/mol. The highest BCUT2D eigenvalue weighted by molar-refractivity contribution is 6.36. The first-order valence-corrected chi connectivity index (χ1v) is 11.2. The maximum absolute atomic E-state index is 14.0. The molecule has 1 aromatic heterocycles. The number of hydrogen-bond donors (Lipinski definition) is 1. The number of amides is 2. The van der Waals surface area contributed by atoms with Crippen LogP contribution in [0.15, 0.2) is 24.4 Å². The van der Waals surface area contributed by atoms with Crippen molar-refractivity contribution in [3.8, 4) is 0 Å². The van der Waals surface area contributed by atoms with Crippen molar-refractivity contribution in [1.82, 2.24) is 14.8 Å². The van der Waals surface area contributed by atoms with Crippen LogP contribution < -0.4 is 5.32 Å². The van der Waals surface area contributed by atoms with Crippen LogP contribution >= 0.6 is 11.6 Å². The molecule has 0 radical (unpaired) electrons. The Morgan fingerprint density at radius 2 is 1.93 bits per heavy atom. The maximum Gasteiger partial charge on any atom is 0.253 e. The minimum Gasteiger partial charge on any atom is -0.352 e. The molecule has 7 heteroatoms. The summed E-state index contributed by atoms with van der Waals surface area (Å²) >= 11 is 6.42. The fourth-order valence-corrected chi connectivity index (χ4v) is 4.52. The Bertz CT molecular complexity index is 911. The molecule has 5 nitrogen and oxygen atoms in total. The van der Waals surface area contributed by atoms with E-state index in [1.807, 2.05) is 26.0 Å². The van der Waals surface area contributed by atoms with E-state index in [-0.39, 0.29) is 24.3 Å². The zero-order chi connectivity index (χ0) is 21.9. The van der Waals surface area contributed by atoms with Crippen molar-refractivity contribution < 1.29 is 14.0 Å². The Kier molecular flexibility index (Phi) is 7.06. The van der Waals surface area contributed by atoms with E-state index >= 15 is 0 Å². The smallest absolute Gasteiger partial charge is 0.253 e. The van der Waals surface area contributed by atoms with Crippen LogP contribution in [0.25, 0.3) is 10.9 Å². The number of nitrogens with one attached hydrogen (secondary N) is 1. The summed E-state index contributed by atoms with van der Waals surface area (Å²) < 4.78 is 15.8. The van der Waals surface area contributed by atoms with E-state index in [1.165, 1.54) is 0 Å². The van der Waals surface area contributed by atoms with Gasteiger partial charge >= 0.3 is 0 Å². The minimum absolute atomic E-state index is 0.000288. The van der Waals surface area contributed by atoms with Gasteiger partial charge < -0.3 is 14.8 Å². The van der Waals surface area contributed by atoms with Crippen molar-refractivity contribution >= 4 is 34.3 Å². The average Bonchev–Trinajstić information content (AvgIpc) is 3.08. The topological polar surface area (TPSA) is 54.3 Å². The Morgan fingerprint density at radius 3 is 2.57 bits per heavy atom. The van der Waals surface area contributed by atoms with Crippen molar-refractivity contribution in [3.05, 3.63) is 35.0 Å². The number of rotatable bonds is 7. The predicted molar refractivity (Wildman–Crippen MR) is 119 cm³/mol. The zero-order valence-electron chi connectivity index (χ0n) is 18.0. The summed E-state index contributed by atoms with van der Waals surface area (Å²) in [6.07, 6.45) is 4.33. The van der Waals surface area contributed by atoms with Gasteiger partial charge in [0.05, 0.1) is 16.1 Å². The molecule has 0 spiro atoms. The number of halogens is 2. The van der Waals surface area contributed by atoms with Gasteiger partial charge in [0.25, 0.3) is 5.91 Å². The lowest BCUT2D eigenvalue weighted by molar-refractivity contribution is -0.131. The van der Waals surface area contributed by atoms with Gasteiger partial charge in [-0.25, -0.2) is 4.39 Å². The molecule has 0 aliphatic heterocycles. The van der Waals surface area contributed by atoms with Gasteiger partial charge in [0, 0.05) is 31.2 Å². The summed E-state index contributed by atoms with van der Waals surface area (Å²) in [7, 11) is 0. The van der Waals surface area contributed by atoms with E-state index in [4.69, 9.17) is 11.6 Å². The SMILES string of the molecule is CCN(CC)C(=O)Cn1cc(C(=O)NCC2CCC(C)(F)CC2)c2c(Cl)cccc21. The first-order chi connectivity index (χ1) is 14.3. The highest BCUT2D eigenvalue weighted by Gasteiger charge is 2.31. The number of carbonyl (C=O) groups is 2. The standard InChI is InChI=1S/C23H31ClFN3O2/c1-4-27(5-2)20(29)15-28-14-17(21-18(24)7-6-8-19(21)28)22(30)26-13-16-9-11-23(3,25)12-10-16/h6-8,14,16H,4-5,9-13,15H2,1-3H3,(H,26,30). The molecule has 2 amide bonds. The molecule has 1 heterocycles. The second-order valence-electron chi connectivity index (χ2n) is 8.44. The Balaban J connectivity index is 1.78. The molecule has 0 bridgehead atoms. The molecule has 30 heavy (non-hydrogen) atoms. The molecule has 1 aliphatic rings. The number of hydrogen-bond acceptors (Lipinski definition) is 2. The van der Waals surface area contributed by atoms with Gasteiger partial charge in [-0.1, -0.05) is 17.7 Å². The highest BCUT2D eigenvalue weighted by atomic mass is 35.5. The van der Waals surface area contributed by atoms with Crippen molar-refractivity contribution in [1.29, 1.82) is 0 Å². The van der Waals surface area contributed by atoms with Crippen LogP contribution in [0.1, 0.15) is 56.8 Å². The van der Waals surface area contributed by atoms with E-state index in [0.717, 1.165) is 18.4 Å². The number of carbonyl (C=O) groups excluding carboxylic acids is 2. The fourth-order valence-electron chi connectivity index (χ4n) is 4.25. The van der Waals surface area contributed by atoms with Gasteiger partial charge in [-0.3, -0.25) is 9.59 Å². The zero-order valence-corrected chi connectivity index (χ0v) is 18.8. The van der Waals surface area contributed by atoms with Crippen LogP contribution in [0.5, 0.6) is 0 Å². The molecule has 0 saturated heterocycles. The van der Waals surface area contributed by atoms with Gasteiger partial charge in [-0.2, -0.15) is 0 Å². The summed E-state index contributed by atoms with van der Waals surface area (Å²) in [5, 5.41) is 4.14. The molecular formula is C23H31ClFN3O2. The molecule has 1 aliphatic carbocycles. The summed E-state index contributed by atoms with van der Waals surface area (Å²) in [6, 6.07) is 5.44. The number of aromatic nitrogens is 1. The summed E-state index contributed by atoms with van der Waals surface area (Å²) in [5.41, 5.74) is 0.145. The van der Waals surface area contributed by atoms with Gasteiger partial charge in [-0.15, -0.1) is 0 Å². The third kappa shape index (κ3) is 4.97. The van der Waals surface area contributed by atoms with Crippen molar-refractivity contribution in [3.63, 3.8) is 0 Å². The quantitative estimate of drug-likeness (QED) is 0.678. The lowest BCUT2D eigenvalue weighted by Gasteiger charge is -2.31. The van der Waals surface area contributed by atoms with Crippen molar-refractivity contribution in [2.45, 2.75) is 58.7 Å². The molecule has 1 N–H and O–H groups in total. The number of fused-ring (bicyclic) bond motifs is 1. The van der Waals surface area contributed by atoms with E-state index in [2.05, 4.69) is 5.32 Å². The maximum atomic E-state index is 14.0. The third-order valence-corrected chi connectivity index (χ3v) is 6.54. The summed E-state index contributed by atoms with van der Waals surface area (Å²) in [4.78, 5) is 27.3. The predicted octanol–water partition coefficient (Wildman–Crippen LogP) is 4.81. The highest BCUT2D eigenvalue weighted by Crippen LogP contribution is 2.34. The summed E-state index contributed by atoms with van der Waals surface area (Å²) in [5.74, 6) is 0.0712. The van der Waals surface area contributed by atoms with Crippen LogP contribution in [0.4, 0.5) is 4.39 Å². The lowest BCUT2D eigenvalue weighted by Crippen LogP contribution is -2.34. The molecule has 2 aromatic rings. The number of alkyl halides is 1. The molecule has 164 valence electrons. The molecular weight excluding hydrogens is 405 g/mol. The van der Waals surface area contributed by atoms with Gasteiger partial charge in [0.1, 0.15) is 12.2 Å². The minimum atomic E-state index is -1.08. The molecule has 1 fully saturated rings. The Labute approximate surface area is 182 Å². The Hall–Kier alpha value is -2.08. The molecule has 0 atom stereocenters. The first-order valence-electron chi connectivity index (χ1n) is 10.8. The van der Waals surface area contributed by atoms with Crippen molar-refractivity contribution in [2.24, 2.45) is 5.92 Å². The largest absolute Gasteiger partial charge is 0.352 e. The number of nitrogens with zero attached hydrogens (tertiary/aromatic N) is 2. The first kappa shape index (κ1) is 22.6. The third-order valence-electron chi connectivity index (χ3n) is 6.22. The van der Waals surface area contributed by atoms with E-state index in [1.54, 1.807) is 28.7 Å². The van der Waals surface area contributed by atoms with Gasteiger partial charge in [-0.05, 0) is 64.5 Å². The van der Waals surface area contributed by atoms with Gasteiger partial charge in [0.15, 0.2) is 0 Å². The number of benzene rings is 1. The molecule has 1 saturated carbocycles. The molecule has 3 rings (SSSR count). The fraction of sp³-hybridized carbons (Fsp3) is 0.565. The van der Waals surface area contributed by atoms with Crippen LogP contribution in [0, 0.1) is 5.92 Å². The summed E-state index contributed by atoms with van der Waals surface area (Å²) in [6.45, 7) is 7.50. The van der Waals surface area contributed by atoms with E-state index in [9.17, 15) is 14.0 Å². The van der Waals surface area contributed by atoms with Gasteiger partial charge in [0.2, 0.25) is 5.91 Å². The normalized spacial score (nSPS) is 21.6. The van der Waals surface area contributed by atoms with Crippen LogP contribution in [0.2, 0.25) is 5.02 Å². The Morgan fingerprint density at radius 1 is 1.27 bits per heavy atom. The lowest BCUT2D eigenvalue weighted by atomic mass is 9.81. The second-order valence-corrected chi connectivity index (χ2v) is 8.84. The number of likely N-dealkylation sites (N-methyl/N-ethyl adjacent to an activating group) is 1. The van der Waals surface area contributed by atoms with Crippen molar-refractivity contribution in [2.75, 3.05) is 19.6 Å². The van der Waals surface area contributed by atoms with Crippen LogP contribution in [-0.2, 0) is 11.3 Å². The second kappa shape index (κ2) is 9.38. The average molecular weight is 436 g/mol. The van der Waals surface area contributed by atoms with E-state index in [0.29, 0.717) is 48.4 Å².